The third-order valence-electron chi connectivity index (χ3n) is 6.95. The van der Waals surface area contributed by atoms with Gasteiger partial charge in [0.25, 0.3) is 0 Å². The monoisotopic (exact) mass is 540 g/mol. The Bertz CT molecular complexity index is 1140. The molecule has 35 heavy (non-hydrogen) atoms. The molecule has 1 saturated carbocycles. The Morgan fingerprint density at radius 1 is 0.771 bits per heavy atom. The second kappa shape index (κ2) is 9.89. The summed E-state index contributed by atoms with van der Waals surface area (Å²) in [7, 11) is -5.99. The van der Waals surface area contributed by atoms with Gasteiger partial charge in [-0.15, -0.1) is 0 Å². The molecule has 1 aliphatic carbocycles. The Balaban J connectivity index is 2.28. The van der Waals surface area contributed by atoms with E-state index in [-0.39, 0.29) is 5.25 Å². The zero-order chi connectivity index (χ0) is 25.2. The molecule has 0 radical (unpaired) electrons. The summed E-state index contributed by atoms with van der Waals surface area (Å²) in [5.41, 5.74) is -6.05. The zero-order valence-corrected chi connectivity index (χ0v) is 21.8. The average molecular weight is 541 g/mol. The van der Waals surface area contributed by atoms with Gasteiger partial charge in [0, 0.05) is 0 Å². The van der Waals surface area contributed by atoms with Crippen LogP contribution in [0.2, 0.25) is 0 Å². The first-order chi connectivity index (χ1) is 16.7. The number of halogens is 3. The summed E-state index contributed by atoms with van der Waals surface area (Å²) in [5.74, 6) is 0. The fraction of sp³-hybridized carbons (Fsp3) is 0.308. The van der Waals surface area contributed by atoms with E-state index in [1.54, 1.807) is 103 Å². The van der Waals surface area contributed by atoms with Crippen LogP contribution >= 0.6 is 18.6 Å². The zero-order valence-electron chi connectivity index (χ0n) is 19.3. The van der Waals surface area contributed by atoms with Gasteiger partial charge in [-0.2, -0.15) is 0 Å². The molecule has 1 aliphatic rings. The van der Waals surface area contributed by atoms with Crippen LogP contribution < -0.4 is 15.9 Å². The molecule has 3 nitrogen and oxygen atoms in total. The third-order valence-corrected chi connectivity index (χ3v) is 16.8. The third kappa shape index (κ3) is 4.22. The number of thioether (sulfide) groups is 1. The van der Waals surface area contributed by atoms with Gasteiger partial charge in [0.1, 0.15) is 0 Å². The first kappa shape index (κ1) is 26.2. The van der Waals surface area contributed by atoms with Crippen molar-refractivity contribution in [3.8, 4) is 0 Å². The van der Waals surface area contributed by atoms with Gasteiger partial charge < -0.3 is 0 Å². The normalized spacial score (nSPS) is 20.6. The van der Waals surface area contributed by atoms with Gasteiger partial charge >= 0.3 is 210 Å². The van der Waals surface area contributed by atoms with Gasteiger partial charge in [0.05, 0.1) is 0 Å². The van der Waals surface area contributed by atoms with E-state index >= 15 is 0 Å². The summed E-state index contributed by atoms with van der Waals surface area (Å²) < 4.78 is 74.6. The van der Waals surface area contributed by atoms with E-state index in [1.807, 2.05) is 6.26 Å². The van der Waals surface area contributed by atoms with Crippen LogP contribution in [0, 0.1) is 0 Å². The van der Waals surface area contributed by atoms with Gasteiger partial charge in [0.15, 0.2) is 0 Å². The Kier molecular flexibility index (Phi) is 7.41. The molecule has 0 saturated heterocycles. The predicted octanol–water partition coefficient (Wildman–Crippen LogP) is 5.97. The van der Waals surface area contributed by atoms with E-state index in [2.05, 4.69) is 0 Å². The van der Waals surface area contributed by atoms with E-state index < -0.39 is 28.1 Å². The van der Waals surface area contributed by atoms with Crippen LogP contribution in [0.1, 0.15) is 25.7 Å². The number of alkyl halides is 3. The quantitative estimate of drug-likeness (QED) is 0.274. The number of hydrogen-bond acceptors (Lipinski definition) is 4. The van der Waals surface area contributed by atoms with Crippen LogP contribution in [0.25, 0.3) is 0 Å². The first-order valence-corrected chi connectivity index (χ1v) is 16.3. The van der Waals surface area contributed by atoms with Crippen LogP contribution in [0.3, 0.4) is 0 Å². The van der Waals surface area contributed by atoms with Crippen molar-refractivity contribution in [2.24, 2.45) is 0 Å². The summed E-state index contributed by atoms with van der Waals surface area (Å²) in [6.07, 6.45) is 4.97. The molecule has 0 heterocycles. The van der Waals surface area contributed by atoms with Gasteiger partial charge in [-0.25, -0.2) is 0 Å². The second-order valence-corrected chi connectivity index (χ2v) is 16.2. The molecular weight excluding hydrogens is 512 g/mol. The Morgan fingerprint density at radius 3 is 1.54 bits per heavy atom. The van der Waals surface area contributed by atoms with Crippen molar-refractivity contribution in [2.45, 2.75) is 42.1 Å². The van der Waals surface area contributed by atoms with Crippen LogP contribution in [-0.2, 0) is 14.1 Å². The van der Waals surface area contributed by atoms with Crippen LogP contribution in [-0.4, -0.2) is 31.1 Å². The number of hydrogen-bond donors (Lipinski definition) is 0. The van der Waals surface area contributed by atoms with Crippen molar-refractivity contribution in [3.63, 3.8) is 0 Å². The van der Waals surface area contributed by atoms with Gasteiger partial charge in [-0.3, -0.25) is 0 Å². The molecule has 1 fully saturated rings. The molecule has 0 aromatic heterocycles. The molecule has 4 rings (SSSR count). The van der Waals surface area contributed by atoms with E-state index in [9.17, 15) is 21.6 Å². The molecule has 3 aromatic carbocycles. The molecule has 3 aromatic rings. The van der Waals surface area contributed by atoms with E-state index in [4.69, 9.17) is 3.97 Å². The topological polar surface area (TPSA) is 43.4 Å². The van der Waals surface area contributed by atoms with Crippen molar-refractivity contribution in [1.82, 2.24) is 0 Å². The minimum atomic E-state index is -5.99. The molecule has 0 bridgehead atoms. The van der Waals surface area contributed by atoms with Gasteiger partial charge in [-0.1, -0.05) is 0 Å². The summed E-state index contributed by atoms with van der Waals surface area (Å²) >= 11 is 1.57. The maximum atomic E-state index is 14.1. The summed E-state index contributed by atoms with van der Waals surface area (Å²) in [6.45, 7) is -4.77. The fourth-order valence-electron chi connectivity index (χ4n) is 5.54. The fourth-order valence-corrected chi connectivity index (χ4v) is 16.7. The number of rotatable bonds is 7. The van der Waals surface area contributed by atoms with Crippen molar-refractivity contribution in [3.05, 3.63) is 91.0 Å². The van der Waals surface area contributed by atoms with Crippen molar-refractivity contribution in [2.75, 3.05) is 6.26 Å². The molecule has 0 spiro atoms. The summed E-state index contributed by atoms with van der Waals surface area (Å²) in [4.78, 5) is 0. The van der Waals surface area contributed by atoms with Gasteiger partial charge in [-0.05, 0) is 0 Å². The molecule has 2 atom stereocenters. The summed E-state index contributed by atoms with van der Waals surface area (Å²) in [6, 6.07) is 26.1. The SMILES string of the molecule is CSC1CCCCC1P(OS(=O)(=O)C(F)(F)F)(c1ccccc1)(c1ccccc1)c1ccccc1. The standard InChI is InChI=1S/C26H28F3O3PS2/c1-34-25-20-12-11-19-24(25)33(21-13-5-2-6-14-21,22-15-7-3-8-16-22,23-17-9-4-10-18-23)32-35(30,31)26(27,28)29/h2-10,13-18,24-25H,11-12,19-20H2,1H3. The minimum absolute atomic E-state index is 0.0922. The molecule has 188 valence electrons. The molecule has 0 N–H and O–H groups in total. The Morgan fingerprint density at radius 2 is 1.17 bits per heavy atom. The molecule has 9 heteroatoms. The van der Waals surface area contributed by atoms with Crippen molar-refractivity contribution < 1.29 is 25.6 Å². The summed E-state index contributed by atoms with van der Waals surface area (Å²) in [5, 5.41) is 1.35. The predicted molar refractivity (Wildman–Crippen MR) is 141 cm³/mol. The molecule has 0 amide bonds. The number of benzene rings is 3. The van der Waals surface area contributed by atoms with Crippen LogP contribution in [0.15, 0.2) is 91.0 Å². The van der Waals surface area contributed by atoms with Crippen LogP contribution in [0.5, 0.6) is 0 Å². The Hall–Kier alpha value is -1.86. The van der Waals surface area contributed by atoms with Gasteiger partial charge in [0.2, 0.25) is 0 Å². The van der Waals surface area contributed by atoms with Crippen LogP contribution in [0.4, 0.5) is 13.2 Å². The average Bonchev–Trinajstić information content (AvgIpc) is 2.88. The van der Waals surface area contributed by atoms with Crippen molar-refractivity contribution >= 4 is 44.6 Å². The molecule has 2 unspecified atom stereocenters. The van der Waals surface area contributed by atoms with Crippen molar-refractivity contribution in [1.29, 1.82) is 0 Å². The second-order valence-electron chi connectivity index (χ2n) is 8.71. The molecular formula is C26H28F3O3PS2. The van der Waals surface area contributed by atoms with E-state index in [0.717, 1.165) is 19.3 Å². The van der Waals surface area contributed by atoms with E-state index in [0.29, 0.717) is 22.3 Å². The maximum absolute atomic E-state index is 14.1. The molecule has 0 aliphatic heterocycles. The van der Waals surface area contributed by atoms with E-state index in [1.165, 1.54) is 0 Å². The Labute approximate surface area is 209 Å². The first-order valence-electron chi connectivity index (χ1n) is 11.4.